The summed E-state index contributed by atoms with van der Waals surface area (Å²) in [4.78, 5) is 15.3. The Kier molecular flexibility index (Phi) is 7.30. The molecule has 0 aliphatic carbocycles. The fraction of sp³-hybridized carbons (Fsp3) is 0.286. The number of aromatic nitrogens is 3. The van der Waals surface area contributed by atoms with Crippen molar-refractivity contribution in [1.29, 1.82) is 0 Å². The normalized spacial score (nSPS) is 11.7. The van der Waals surface area contributed by atoms with Crippen molar-refractivity contribution >= 4 is 40.8 Å². The molecule has 8 heteroatoms. The second-order valence-electron chi connectivity index (χ2n) is 6.83. The molecule has 1 N–H and O–H groups in total. The minimum atomic E-state index is -1.73. The standard InChI is InChI=1S/C21H22Cl3N5/c1-29(2)14-6-13-25-20-27-18(26-19(28-20)21(22,23)24)17-11-9-16(10-12-17)15-7-4-3-5-8-15/h3-5,7-12H,6,13-14H2,1-2H3,(H,25,26,27,28). The zero-order valence-corrected chi connectivity index (χ0v) is 18.5. The van der Waals surface area contributed by atoms with Crippen molar-refractivity contribution in [2.45, 2.75) is 10.2 Å². The lowest BCUT2D eigenvalue weighted by Gasteiger charge is -2.14. The summed E-state index contributed by atoms with van der Waals surface area (Å²) < 4.78 is -1.73. The molecule has 0 amide bonds. The molecule has 29 heavy (non-hydrogen) atoms. The summed E-state index contributed by atoms with van der Waals surface area (Å²) >= 11 is 18.1. The van der Waals surface area contributed by atoms with E-state index in [2.05, 4.69) is 37.3 Å². The van der Waals surface area contributed by atoms with Crippen molar-refractivity contribution in [3.05, 3.63) is 60.4 Å². The Morgan fingerprint density at radius 2 is 1.45 bits per heavy atom. The Morgan fingerprint density at radius 1 is 0.828 bits per heavy atom. The van der Waals surface area contributed by atoms with Gasteiger partial charge in [0.15, 0.2) is 11.6 Å². The number of benzene rings is 2. The van der Waals surface area contributed by atoms with Gasteiger partial charge in [-0.2, -0.15) is 9.97 Å². The first-order valence-electron chi connectivity index (χ1n) is 9.20. The molecule has 1 heterocycles. The molecule has 0 unspecified atom stereocenters. The van der Waals surface area contributed by atoms with Crippen molar-refractivity contribution in [2.75, 3.05) is 32.5 Å². The van der Waals surface area contributed by atoms with Gasteiger partial charge in [0.25, 0.3) is 0 Å². The maximum Gasteiger partial charge on any atom is 0.250 e. The highest BCUT2D eigenvalue weighted by Gasteiger charge is 2.28. The van der Waals surface area contributed by atoms with Gasteiger partial charge in [0, 0.05) is 12.1 Å². The van der Waals surface area contributed by atoms with Crippen LogP contribution in [-0.2, 0) is 3.79 Å². The van der Waals surface area contributed by atoms with Crippen molar-refractivity contribution in [1.82, 2.24) is 19.9 Å². The van der Waals surface area contributed by atoms with Gasteiger partial charge >= 0.3 is 0 Å². The van der Waals surface area contributed by atoms with E-state index in [-0.39, 0.29) is 5.82 Å². The van der Waals surface area contributed by atoms with Crippen LogP contribution in [0.15, 0.2) is 54.6 Å². The number of halogens is 3. The van der Waals surface area contributed by atoms with Crippen LogP contribution in [0, 0.1) is 0 Å². The van der Waals surface area contributed by atoms with Crippen LogP contribution >= 0.6 is 34.8 Å². The molecule has 1 aromatic heterocycles. The highest BCUT2D eigenvalue weighted by molar-refractivity contribution is 6.66. The van der Waals surface area contributed by atoms with Crippen molar-refractivity contribution in [3.63, 3.8) is 0 Å². The molecular weight excluding hydrogens is 429 g/mol. The summed E-state index contributed by atoms with van der Waals surface area (Å²) in [7, 11) is 4.06. The van der Waals surface area contributed by atoms with E-state index in [9.17, 15) is 0 Å². The van der Waals surface area contributed by atoms with Crippen LogP contribution in [0.4, 0.5) is 5.95 Å². The van der Waals surface area contributed by atoms with E-state index in [0.29, 0.717) is 18.3 Å². The largest absolute Gasteiger partial charge is 0.354 e. The fourth-order valence-corrected chi connectivity index (χ4v) is 3.00. The SMILES string of the molecule is CN(C)CCCNc1nc(-c2ccc(-c3ccccc3)cc2)nc(C(Cl)(Cl)Cl)n1. The number of hydrogen-bond donors (Lipinski definition) is 1. The molecule has 0 aliphatic rings. The molecule has 0 fully saturated rings. The van der Waals surface area contributed by atoms with Crippen molar-refractivity contribution < 1.29 is 0 Å². The maximum absolute atomic E-state index is 6.04. The van der Waals surface area contributed by atoms with Gasteiger partial charge in [-0.25, -0.2) is 4.98 Å². The van der Waals surface area contributed by atoms with E-state index < -0.39 is 3.79 Å². The molecule has 0 aliphatic heterocycles. The molecule has 2 aromatic carbocycles. The predicted molar refractivity (Wildman–Crippen MR) is 122 cm³/mol. The van der Waals surface area contributed by atoms with Crippen LogP contribution in [0.25, 0.3) is 22.5 Å². The number of anilines is 1. The first kappa shape index (κ1) is 21.8. The van der Waals surface area contributed by atoms with Gasteiger partial charge in [-0.1, -0.05) is 89.4 Å². The van der Waals surface area contributed by atoms with Gasteiger partial charge in [0.1, 0.15) is 0 Å². The van der Waals surface area contributed by atoms with E-state index in [1.807, 2.05) is 56.6 Å². The Labute approximate surface area is 186 Å². The highest BCUT2D eigenvalue weighted by atomic mass is 35.6. The van der Waals surface area contributed by atoms with Crippen molar-refractivity contribution in [2.24, 2.45) is 0 Å². The van der Waals surface area contributed by atoms with E-state index in [0.717, 1.165) is 29.7 Å². The van der Waals surface area contributed by atoms with Crippen LogP contribution in [0.2, 0.25) is 0 Å². The van der Waals surface area contributed by atoms with Crippen LogP contribution in [0.3, 0.4) is 0 Å². The van der Waals surface area contributed by atoms with Gasteiger partial charge in [-0.15, -0.1) is 0 Å². The summed E-state index contributed by atoms with van der Waals surface area (Å²) in [5.41, 5.74) is 3.06. The topological polar surface area (TPSA) is 53.9 Å². The second kappa shape index (κ2) is 9.72. The van der Waals surface area contributed by atoms with Gasteiger partial charge in [0.2, 0.25) is 9.74 Å². The summed E-state index contributed by atoms with van der Waals surface area (Å²) in [5, 5.41) is 3.20. The molecule has 0 bridgehead atoms. The van der Waals surface area contributed by atoms with Crippen LogP contribution in [0.1, 0.15) is 12.2 Å². The number of nitrogens with zero attached hydrogens (tertiary/aromatic N) is 4. The van der Waals surface area contributed by atoms with Crippen molar-refractivity contribution in [3.8, 4) is 22.5 Å². The molecule has 0 saturated heterocycles. The molecule has 0 atom stereocenters. The Balaban J connectivity index is 1.86. The number of alkyl halides is 3. The predicted octanol–water partition coefficient (Wildman–Crippen LogP) is 5.40. The quantitative estimate of drug-likeness (QED) is 0.386. The van der Waals surface area contributed by atoms with Crippen LogP contribution in [0.5, 0.6) is 0 Å². The number of hydrogen-bond acceptors (Lipinski definition) is 5. The van der Waals surface area contributed by atoms with E-state index in [1.54, 1.807) is 0 Å². The van der Waals surface area contributed by atoms with Gasteiger partial charge in [-0.3, -0.25) is 0 Å². The zero-order valence-electron chi connectivity index (χ0n) is 16.2. The van der Waals surface area contributed by atoms with Gasteiger partial charge < -0.3 is 10.2 Å². The average molecular weight is 451 g/mol. The molecule has 3 rings (SSSR count). The summed E-state index contributed by atoms with van der Waals surface area (Å²) in [6.07, 6.45) is 0.933. The summed E-state index contributed by atoms with van der Waals surface area (Å²) in [6.45, 7) is 1.65. The van der Waals surface area contributed by atoms with Crippen LogP contribution < -0.4 is 5.32 Å². The van der Waals surface area contributed by atoms with Crippen LogP contribution in [-0.4, -0.2) is 47.0 Å². The maximum atomic E-state index is 6.04. The first-order valence-corrected chi connectivity index (χ1v) is 10.3. The average Bonchev–Trinajstić information content (AvgIpc) is 2.71. The van der Waals surface area contributed by atoms with E-state index in [1.165, 1.54) is 0 Å². The lowest BCUT2D eigenvalue weighted by atomic mass is 10.0. The summed E-state index contributed by atoms with van der Waals surface area (Å²) in [6, 6.07) is 18.1. The second-order valence-corrected chi connectivity index (χ2v) is 9.11. The third kappa shape index (κ3) is 6.28. The molecule has 0 saturated carbocycles. The zero-order chi connectivity index (χ0) is 20.9. The molecule has 5 nitrogen and oxygen atoms in total. The molecule has 152 valence electrons. The fourth-order valence-electron chi connectivity index (χ4n) is 2.75. The number of nitrogens with one attached hydrogen (secondary N) is 1. The Morgan fingerprint density at radius 3 is 2.07 bits per heavy atom. The Bertz CT molecular complexity index is 925. The van der Waals surface area contributed by atoms with Gasteiger partial charge in [-0.05, 0) is 38.2 Å². The molecular formula is C21H22Cl3N5. The Hall–Kier alpha value is -1.92. The third-order valence-corrected chi connectivity index (χ3v) is 4.71. The lowest BCUT2D eigenvalue weighted by molar-refractivity contribution is 0.405. The summed E-state index contributed by atoms with van der Waals surface area (Å²) in [5.74, 6) is 0.938. The molecule has 3 aromatic rings. The first-order chi connectivity index (χ1) is 13.8. The molecule has 0 radical (unpaired) electrons. The van der Waals surface area contributed by atoms with E-state index >= 15 is 0 Å². The lowest BCUT2D eigenvalue weighted by Crippen LogP contribution is -2.18. The van der Waals surface area contributed by atoms with E-state index in [4.69, 9.17) is 34.8 Å². The minimum absolute atomic E-state index is 0.0924. The molecule has 0 spiro atoms. The highest BCUT2D eigenvalue weighted by Crippen LogP contribution is 2.37. The number of rotatable bonds is 7. The third-order valence-electron chi connectivity index (χ3n) is 4.20. The minimum Gasteiger partial charge on any atom is -0.354 e. The monoisotopic (exact) mass is 449 g/mol. The smallest absolute Gasteiger partial charge is 0.250 e. The van der Waals surface area contributed by atoms with Gasteiger partial charge in [0.05, 0.1) is 0 Å².